The Hall–Kier alpha value is -3.10. The van der Waals surface area contributed by atoms with Gasteiger partial charge in [0.1, 0.15) is 24.3 Å². The summed E-state index contributed by atoms with van der Waals surface area (Å²) in [7, 11) is 1.19. The molecule has 32 heavy (non-hydrogen) atoms. The van der Waals surface area contributed by atoms with E-state index in [0.29, 0.717) is 0 Å². The topological polar surface area (TPSA) is 120 Å². The Bertz CT molecular complexity index is 772. The molecule has 0 heterocycles. The number of nitrogens with one attached hydrogen (secondary N) is 2. The highest BCUT2D eigenvalue weighted by atomic mass is 16.6. The summed E-state index contributed by atoms with van der Waals surface area (Å²) in [6.45, 7) is 8.76. The zero-order valence-electron chi connectivity index (χ0n) is 19.6. The summed E-state index contributed by atoms with van der Waals surface area (Å²) in [5, 5.41) is 5.08. The fourth-order valence-corrected chi connectivity index (χ4v) is 2.73. The van der Waals surface area contributed by atoms with E-state index in [2.05, 4.69) is 10.6 Å². The van der Waals surface area contributed by atoms with Crippen LogP contribution in [0.1, 0.15) is 53.0 Å². The highest BCUT2D eigenvalue weighted by Gasteiger charge is 2.30. The van der Waals surface area contributed by atoms with Gasteiger partial charge in [0.2, 0.25) is 5.91 Å². The number of methoxy groups -OCH3 is 1. The zero-order chi connectivity index (χ0) is 24.3. The molecule has 0 aliphatic heterocycles. The average molecular weight is 451 g/mol. The molecule has 0 spiro atoms. The van der Waals surface area contributed by atoms with E-state index in [4.69, 9.17) is 14.2 Å². The third kappa shape index (κ3) is 10.3. The maximum absolute atomic E-state index is 12.8. The molecule has 0 saturated carbocycles. The molecule has 0 radical (unpaired) electrons. The molecular weight excluding hydrogens is 416 g/mol. The number of carbonyl (C=O) groups is 4. The predicted octanol–water partition coefficient (Wildman–Crippen LogP) is 2.72. The zero-order valence-corrected chi connectivity index (χ0v) is 19.6. The van der Waals surface area contributed by atoms with Crippen molar-refractivity contribution in [3.63, 3.8) is 0 Å². The minimum Gasteiger partial charge on any atom is -0.467 e. The van der Waals surface area contributed by atoms with Crippen LogP contribution in [0.25, 0.3) is 0 Å². The first-order valence-electron chi connectivity index (χ1n) is 10.5. The highest BCUT2D eigenvalue weighted by molar-refractivity contribution is 5.90. The first-order chi connectivity index (χ1) is 14.9. The highest BCUT2D eigenvalue weighted by Crippen LogP contribution is 2.11. The van der Waals surface area contributed by atoms with Crippen molar-refractivity contribution in [2.75, 3.05) is 7.11 Å². The van der Waals surface area contributed by atoms with Crippen LogP contribution in [-0.4, -0.2) is 48.7 Å². The Morgan fingerprint density at radius 1 is 1.00 bits per heavy atom. The van der Waals surface area contributed by atoms with Crippen molar-refractivity contribution in [2.45, 2.75) is 71.8 Å². The molecule has 2 N–H and O–H groups in total. The molecule has 178 valence electrons. The molecule has 0 bridgehead atoms. The molecule has 9 heteroatoms. The molecule has 1 aromatic carbocycles. The van der Waals surface area contributed by atoms with Gasteiger partial charge in [-0.1, -0.05) is 44.2 Å². The standard InChI is InChI=1S/C23H34N2O7/c1-15(2)19(25-22(29)31-14-16-10-8-7-9-11-16)20(27)24-17(21(28)30-6)12-13-18(26)32-23(3,4)5/h7-11,15,17,19H,12-14H2,1-6H3,(H,24,27)(H,25,29)/t17-,19+/m1/s1. The van der Waals surface area contributed by atoms with Gasteiger partial charge in [-0.3, -0.25) is 9.59 Å². The van der Waals surface area contributed by atoms with Crippen LogP contribution in [0.5, 0.6) is 0 Å². The maximum Gasteiger partial charge on any atom is 0.408 e. The maximum atomic E-state index is 12.8. The number of carbonyl (C=O) groups excluding carboxylic acids is 4. The van der Waals surface area contributed by atoms with Crippen molar-refractivity contribution in [1.82, 2.24) is 10.6 Å². The lowest BCUT2D eigenvalue weighted by atomic mass is 10.0. The van der Waals surface area contributed by atoms with E-state index in [0.717, 1.165) is 5.56 Å². The van der Waals surface area contributed by atoms with Crippen LogP contribution in [0.4, 0.5) is 4.79 Å². The summed E-state index contributed by atoms with van der Waals surface area (Å²) < 4.78 is 15.1. The fourth-order valence-electron chi connectivity index (χ4n) is 2.73. The second-order valence-electron chi connectivity index (χ2n) is 8.64. The second-order valence-corrected chi connectivity index (χ2v) is 8.64. The van der Waals surface area contributed by atoms with Crippen molar-refractivity contribution in [1.29, 1.82) is 0 Å². The lowest BCUT2D eigenvalue weighted by Crippen LogP contribution is -2.54. The van der Waals surface area contributed by atoms with Crippen molar-refractivity contribution in [2.24, 2.45) is 5.92 Å². The number of rotatable bonds is 10. The molecule has 2 amide bonds. The Balaban J connectivity index is 2.71. The quantitative estimate of drug-likeness (QED) is 0.415. The summed E-state index contributed by atoms with van der Waals surface area (Å²) in [5.74, 6) is -2.07. The number of alkyl carbamates (subject to hydrolysis) is 1. The van der Waals surface area contributed by atoms with Crippen molar-refractivity contribution in [3.8, 4) is 0 Å². The second kappa shape index (κ2) is 12.7. The summed E-state index contributed by atoms with van der Waals surface area (Å²) in [5.41, 5.74) is 0.148. The van der Waals surface area contributed by atoms with Gasteiger partial charge in [0.15, 0.2) is 0 Å². The molecule has 0 aromatic heterocycles. The molecule has 1 rings (SSSR count). The van der Waals surface area contributed by atoms with Crippen LogP contribution in [0.2, 0.25) is 0 Å². The van der Waals surface area contributed by atoms with Gasteiger partial charge in [-0.15, -0.1) is 0 Å². The number of ether oxygens (including phenoxy) is 3. The van der Waals surface area contributed by atoms with Gasteiger partial charge >= 0.3 is 18.0 Å². The van der Waals surface area contributed by atoms with Crippen molar-refractivity contribution in [3.05, 3.63) is 35.9 Å². The van der Waals surface area contributed by atoms with Crippen LogP contribution in [0, 0.1) is 5.92 Å². The Labute approximate surface area is 189 Å². The molecule has 0 aliphatic rings. The monoisotopic (exact) mass is 450 g/mol. The fraction of sp³-hybridized carbons (Fsp3) is 0.565. The third-order valence-electron chi connectivity index (χ3n) is 4.29. The van der Waals surface area contributed by atoms with E-state index >= 15 is 0 Å². The Morgan fingerprint density at radius 2 is 1.62 bits per heavy atom. The summed E-state index contributed by atoms with van der Waals surface area (Å²) in [4.78, 5) is 49.1. The normalized spacial score (nSPS) is 13.0. The van der Waals surface area contributed by atoms with Gasteiger partial charge in [0.05, 0.1) is 7.11 Å². The van der Waals surface area contributed by atoms with Gasteiger partial charge in [-0.25, -0.2) is 9.59 Å². The van der Waals surface area contributed by atoms with E-state index in [-0.39, 0.29) is 25.4 Å². The molecule has 9 nitrogen and oxygen atoms in total. The van der Waals surface area contributed by atoms with E-state index < -0.39 is 41.6 Å². The van der Waals surface area contributed by atoms with Crippen LogP contribution in [0.3, 0.4) is 0 Å². The molecule has 0 saturated heterocycles. The molecule has 0 aliphatic carbocycles. The van der Waals surface area contributed by atoms with E-state index in [1.165, 1.54) is 7.11 Å². The van der Waals surface area contributed by atoms with Crippen LogP contribution in [0.15, 0.2) is 30.3 Å². The number of benzene rings is 1. The van der Waals surface area contributed by atoms with Gasteiger partial charge < -0.3 is 24.8 Å². The number of esters is 2. The molecule has 2 atom stereocenters. The smallest absolute Gasteiger partial charge is 0.408 e. The number of hydrogen-bond acceptors (Lipinski definition) is 7. The van der Waals surface area contributed by atoms with Crippen LogP contribution >= 0.6 is 0 Å². The molecule has 1 aromatic rings. The van der Waals surface area contributed by atoms with Crippen molar-refractivity contribution < 1.29 is 33.4 Å². The van der Waals surface area contributed by atoms with Crippen molar-refractivity contribution >= 4 is 23.9 Å². The molecule has 0 fully saturated rings. The SMILES string of the molecule is COC(=O)[C@@H](CCC(=O)OC(C)(C)C)NC(=O)[C@@H](NC(=O)OCc1ccccc1)C(C)C. The Kier molecular flexibility index (Phi) is 10.7. The molecular formula is C23H34N2O7. The first kappa shape index (κ1) is 26.9. The third-order valence-corrected chi connectivity index (χ3v) is 4.29. The summed E-state index contributed by atoms with van der Waals surface area (Å²) >= 11 is 0. The number of hydrogen-bond donors (Lipinski definition) is 2. The minimum atomic E-state index is -1.07. The number of amides is 2. The first-order valence-corrected chi connectivity index (χ1v) is 10.5. The van der Waals surface area contributed by atoms with E-state index in [1.807, 2.05) is 30.3 Å². The average Bonchev–Trinajstić information content (AvgIpc) is 2.71. The van der Waals surface area contributed by atoms with Gasteiger partial charge in [-0.05, 0) is 38.7 Å². The lowest BCUT2D eigenvalue weighted by molar-refractivity contribution is -0.155. The summed E-state index contributed by atoms with van der Waals surface area (Å²) in [6.07, 6.45) is -0.849. The largest absolute Gasteiger partial charge is 0.467 e. The van der Waals surface area contributed by atoms with Gasteiger partial charge in [-0.2, -0.15) is 0 Å². The van der Waals surface area contributed by atoms with Gasteiger partial charge in [0, 0.05) is 6.42 Å². The molecule has 0 unspecified atom stereocenters. The predicted molar refractivity (Wildman–Crippen MR) is 117 cm³/mol. The van der Waals surface area contributed by atoms with E-state index in [9.17, 15) is 19.2 Å². The minimum absolute atomic E-state index is 0.00338. The van der Waals surface area contributed by atoms with E-state index in [1.54, 1.807) is 34.6 Å². The van der Waals surface area contributed by atoms with Crippen LogP contribution < -0.4 is 10.6 Å². The van der Waals surface area contributed by atoms with Gasteiger partial charge in [0.25, 0.3) is 0 Å². The van der Waals surface area contributed by atoms with Crippen LogP contribution in [-0.2, 0) is 35.2 Å². The Morgan fingerprint density at radius 3 is 2.16 bits per heavy atom. The summed E-state index contributed by atoms with van der Waals surface area (Å²) in [6, 6.07) is 7.10. The lowest BCUT2D eigenvalue weighted by Gasteiger charge is -2.25.